The predicted molar refractivity (Wildman–Crippen MR) is 251 cm³/mol. The van der Waals surface area contributed by atoms with Crippen LogP contribution >= 0.6 is 0 Å². The summed E-state index contributed by atoms with van der Waals surface area (Å²) in [5.41, 5.74) is 1.35. The topological polar surface area (TPSA) is 173 Å². The molecular weight excluding hydrogens is 865 g/mol. The van der Waals surface area contributed by atoms with E-state index in [0.29, 0.717) is 35.5 Å². The van der Waals surface area contributed by atoms with Gasteiger partial charge in [0.25, 0.3) is 10.1 Å². The Morgan fingerprint density at radius 2 is 0.825 bits per heavy atom. The summed E-state index contributed by atoms with van der Waals surface area (Å²) in [6.45, 7) is 4.46. The first-order valence-corrected chi connectivity index (χ1v) is 25.8. The molecule has 2 N–H and O–H groups in total. The van der Waals surface area contributed by atoms with Crippen molar-refractivity contribution in [1.82, 2.24) is 0 Å². The number of phenolic OH excluding ortho intramolecular Hbond substituents is 1. The zero-order chi connectivity index (χ0) is 45.1. The number of hydrogen-bond acceptors (Lipinski definition) is 9. The summed E-state index contributed by atoms with van der Waals surface area (Å²) in [5, 5.41) is 22.7. The molecular formula is C50H70CaO10S2. The van der Waals surface area contributed by atoms with Crippen molar-refractivity contribution in [3.05, 3.63) is 96.1 Å². The molecule has 0 spiro atoms. The molecule has 0 atom stereocenters. The molecule has 344 valence electrons. The van der Waals surface area contributed by atoms with Crippen LogP contribution in [0.1, 0.15) is 166 Å². The minimum absolute atomic E-state index is 0. The molecule has 0 aliphatic rings. The molecule has 4 aromatic carbocycles. The largest absolute Gasteiger partial charge is 2.00 e. The Labute approximate surface area is 408 Å². The van der Waals surface area contributed by atoms with Crippen LogP contribution in [-0.2, 0) is 33.1 Å². The second kappa shape index (κ2) is 31.9. The van der Waals surface area contributed by atoms with Crippen LogP contribution in [-0.4, -0.2) is 68.8 Å². The van der Waals surface area contributed by atoms with Crippen molar-refractivity contribution >= 4 is 58.0 Å². The average molecular weight is 935 g/mol. The molecule has 4 aromatic rings. The van der Waals surface area contributed by atoms with E-state index in [4.69, 9.17) is 9.47 Å². The van der Waals surface area contributed by atoms with Gasteiger partial charge in [-0.1, -0.05) is 179 Å². The first-order chi connectivity index (χ1) is 29.8. The number of rotatable bonds is 30. The number of para-hydroxylation sites is 2. The fraction of sp³-hybridized carbons (Fsp3) is 0.520. The van der Waals surface area contributed by atoms with Crippen LogP contribution in [0.3, 0.4) is 0 Å². The number of phenols is 1. The van der Waals surface area contributed by atoms with Gasteiger partial charge in [0.2, 0.25) is 0 Å². The van der Waals surface area contributed by atoms with E-state index in [1.165, 1.54) is 115 Å². The molecule has 0 aromatic heterocycles. The van der Waals surface area contributed by atoms with Crippen LogP contribution < -0.4 is 14.6 Å². The summed E-state index contributed by atoms with van der Waals surface area (Å²) >= 11 is 0. The second-order valence-corrected chi connectivity index (χ2v) is 18.9. The van der Waals surface area contributed by atoms with Crippen LogP contribution in [0.5, 0.6) is 34.5 Å². The van der Waals surface area contributed by atoms with E-state index >= 15 is 0 Å². The molecule has 0 bridgehead atoms. The maximum atomic E-state index is 12.4. The van der Waals surface area contributed by atoms with Crippen molar-refractivity contribution in [2.75, 3.05) is 0 Å². The van der Waals surface area contributed by atoms with E-state index in [1.54, 1.807) is 66.7 Å². The van der Waals surface area contributed by atoms with E-state index in [-0.39, 0.29) is 49.2 Å². The number of aryl methyl sites for hydroxylation is 2. The summed E-state index contributed by atoms with van der Waals surface area (Å²) in [6.07, 6.45) is 28.2. The predicted octanol–water partition coefficient (Wildman–Crippen LogP) is 13.2. The second-order valence-electron chi connectivity index (χ2n) is 16.2. The van der Waals surface area contributed by atoms with Crippen LogP contribution in [0.2, 0.25) is 0 Å². The summed E-state index contributed by atoms with van der Waals surface area (Å²) in [6, 6.07) is 23.2. The Kier molecular flexibility index (Phi) is 28.5. The SMILES string of the molecule is CCCCCCCCCCCCCc1cc(Oc2ccccc2)c(O)c(S(=O)(=O)O)c1.CCCCCCCCCCCCCc1cc(Oc2ccccc2)c([O-])c(S(=O)(=O)[O-])c1.[Ca+2]. The first kappa shape index (κ1) is 56.3. The van der Waals surface area contributed by atoms with Gasteiger partial charge >= 0.3 is 37.7 Å². The van der Waals surface area contributed by atoms with Crippen molar-refractivity contribution < 1.29 is 45.6 Å². The maximum absolute atomic E-state index is 12.4. The fourth-order valence-electron chi connectivity index (χ4n) is 7.31. The molecule has 10 nitrogen and oxygen atoms in total. The molecule has 0 radical (unpaired) electrons. The molecule has 0 aliphatic heterocycles. The van der Waals surface area contributed by atoms with E-state index < -0.39 is 41.5 Å². The van der Waals surface area contributed by atoms with Crippen LogP contribution in [0.15, 0.2) is 94.7 Å². The number of hydrogen-bond donors (Lipinski definition) is 2. The Morgan fingerprint density at radius 1 is 0.492 bits per heavy atom. The zero-order valence-corrected chi connectivity index (χ0v) is 41.6. The Balaban J connectivity index is 0.000000427. The van der Waals surface area contributed by atoms with Gasteiger partial charge in [-0.25, -0.2) is 8.42 Å². The number of benzene rings is 4. The van der Waals surface area contributed by atoms with Gasteiger partial charge in [-0.3, -0.25) is 4.55 Å². The minimum Gasteiger partial charge on any atom is -0.869 e. The van der Waals surface area contributed by atoms with Gasteiger partial charge in [0.15, 0.2) is 11.5 Å². The molecule has 13 heteroatoms. The first-order valence-electron chi connectivity index (χ1n) is 22.9. The quantitative estimate of drug-likeness (QED) is 0.0291. The number of ether oxygens (including phenoxy) is 2. The van der Waals surface area contributed by atoms with Crippen LogP contribution in [0.25, 0.3) is 0 Å². The molecule has 0 amide bonds. The third-order valence-electron chi connectivity index (χ3n) is 10.8. The van der Waals surface area contributed by atoms with Crippen LogP contribution in [0.4, 0.5) is 0 Å². The maximum Gasteiger partial charge on any atom is 2.00 e. The smallest absolute Gasteiger partial charge is 0.869 e. The third kappa shape index (κ3) is 23.3. The third-order valence-corrected chi connectivity index (χ3v) is 12.5. The van der Waals surface area contributed by atoms with Gasteiger partial charge in [0, 0.05) is 0 Å². The Hall–Kier alpha value is -2.84. The normalized spacial score (nSPS) is 11.4. The number of aromatic hydroxyl groups is 1. The molecule has 0 aliphatic carbocycles. The van der Waals surface area contributed by atoms with Crippen molar-refractivity contribution in [3.63, 3.8) is 0 Å². The van der Waals surface area contributed by atoms with Gasteiger partial charge in [-0.15, -0.1) is 0 Å². The molecule has 63 heavy (non-hydrogen) atoms. The standard InChI is InChI=1S/2C25H36O5S.Ca/c2*1-2-3-4-5-6-7-8-9-10-11-13-16-21-19-23(30-22-17-14-12-15-18-22)25(26)24(20-21)31(27,28)29;/h2*12,14-15,17-20,26H,2-11,13,16H2,1H3,(H,27,28,29);/q;;+2/p-2. The molecule has 0 fully saturated rings. The average Bonchev–Trinajstić information content (AvgIpc) is 3.24. The van der Waals surface area contributed by atoms with Crippen LogP contribution in [0, 0.1) is 0 Å². The van der Waals surface area contributed by atoms with E-state index in [9.17, 15) is 36.2 Å². The molecule has 0 saturated carbocycles. The summed E-state index contributed by atoms with van der Waals surface area (Å²) in [4.78, 5) is -1.25. The van der Waals surface area contributed by atoms with Gasteiger partial charge in [-0.05, 0) is 91.1 Å². The minimum atomic E-state index is -4.87. The Bertz CT molecular complexity index is 1910. The van der Waals surface area contributed by atoms with E-state index in [2.05, 4.69) is 13.8 Å². The summed E-state index contributed by atoms with van der Waals surface area (Å²) in [5.74, 6) is -0.664. The molecule has 0 heterocycles. The van der Waals surface area contributed by atoms with E-state index in [1.807, 2.05) is 6.07 Å². The van der Waals surface area contributed by atoms with Crippen molar-refractivity contribution in [2.24, 2.45) is 0 Å². The summed E-state index contributed by atoms with van der Waals surface area (Å²) in [7, 11) is -9.42. The van der Waals surface area contributed by atoms with Gasteiger partial charge in [0.1, 0.15) is 32.3 Å². The van der Waals surface area contributed by atoms with E-state index in [0.717, 1.165) is 38.5 Å². The monoisotopic (exact) mass is 934 g/mol. The van der Waals surface area contributed by atoms with Crippen molar-refractivity contribution in [2.45, 2.75) is 178 Å². The summed E-state index contributed by atoms with van der Waals surface area (Å²) < 4.78 is 78.8. The zero-order valence-electron chi connectivity index (χ0n) is 37.7. The molecule has 4 rings (SSSR count). The Morgan fingerprint density at radius 3 is 1.19 bits per heavy atom. The van der Waals surface area contributed by atoms with Crippen molar-refractivity contribution in [1.29, 1.82) is 0 Å². The van der Waals surface area contributed by atoms with Gasteiger partial charge in [-0.2, -0.15) is 8.42 Å². The van der Waals surface area contributed by atoms with Gasteiger partial charge in [0.05, 0.1) is 4.90 Å². The van der Waals surface area contributed by atoms with Gasteiger partial charge < -0.3 is 24.2 Å². The molecule has 0 unspecified atom stereocenters. The fourth-order valence-corrected chi connectivity index (χ4v) is 8.58. The van der Waals surface area contributed by atoms with Crippen molar-refractivity contribution in [3.8, 4) is 34.5 Å². The molecule has 0 saturated heterocycles. The number of unbranched alkanes of at least 4 members (excludes halogenated alkanes) is 20.